The Morgan fingerprint density at radius 2 is 2.09 bits per heavy atom. The van der Waals surface area contributed by atoms with E-state index < -0.39 is 0 Å². The lowest BCUT2D eigenvalue weighted by molar-refractivity contribution is 0.0952. The second kappa shape index (κ2) is 7.49. The summed E-state index contributed by atoms with van der Waals surface area (Å²) in [5.74, 6) is 1.30. The molecule has 1 aliphatic heterocycles. The van der Waals surface area contributed by atoms with E-state index in [4.69, 9.17) is 9.72 Å². The maximum atomic E-state index is 12.8. The van der Waals surface area contributed by atoms with Crippen LogP contribution in [0.5, 0.6) is 0 Å². The van der Waals surface area contributed by atoms with Gasteiger partial charge in [-0.3, -0.25) is 14.3 Å². The lowest BCUT2D eigenvalue weighted by atomic mass is 10.3. The Kier molecular flexibility index (Phi) is 4.46. The highest BCUT2D eigenvalue weighted by molar-refractivity contribution is 6.00. The minimum atomic E-state index is -0.137. The first-order chi connectivity index (χ1) is 15.7. The highest BCUT2D eigenvalue weighted by atomic mass is 16.5. The second-order valence-corrected chi connectivity index (χ2v) is 8.15. The normalized spacial score (nSPS) is 16.6. The third kappa shape index (κ3) is 3.14. The molecule has 0 radical (unpaired) electrons. The average Bonchev–Trinajstić information content (AvgIpc) is 3.40. The number of nitrogens with one attached hydrogen (secondary N) is 2. The first-order valence-corrected chi connectivity index (χ1v) is 10.9. The van der Waals surface area contributed by atoms with E-state index in [0.29, 0.717) is 30.2 Å². The molecule has 4 aromatic heterocycles. The van der Waals surface area contributed by atoms with Crippen molar-refractivity contribution in [3.8, 4) is 5.82 Å². The number of nitrogens with zero attached hydrogens (tertiary/aromatic N) is 6. The van der Waals surface area contributed by atoms with Crippen LogP contribution in [0, 0.1) is 0 Å². The van der Waals surface area contributed by atoms with Gasteiger partial charge in [0.15, 0.2) is 5.65 Å². The molecule has 0 bridgehead atoms. The molecule has 164 valence electrons. The molecule has 1 saturated heterocycles. The third-order valence-corrected chi connectivity index (χ3v) is 6.01. The molecule has 0 atom stereocenters. The van der Waals surface area contributed by atoms with Crippen molar-refractivity contribution in [2.24, 2.45) is 0 Å². The van der Waals surface area contributed by atoms with Gasteiger partial charge in [0.05, 0.1) is 30.6 Å². The SMILES string of the molecule is CNc1cc(-n2cc(N3CCOCC3)c3ncccc32)nc2c(C(=O)NC3CC3)cnn12. The summed E-state index contributed by atoms with van der Waals surface area (Å²) >= 11 is 0. The van der Waals surface area contributed by atoms with Gasteiger partial charge in [0.1, 0.15) is 22.7 Å². The summed E-state index contributed by atoms with van der Waals surface area (Å²) in [4.78, 5) is 24.6. The Hall–Kier alpha value is -3.66. The molecule has 10 nitrogen and oxygen atoms in total. The van der Waals surface area contributed by atoms with Crippen LogP contribution >= 0.6 is 0 Å². The molecule has 0 aromatic carbocycles. The second-order valence-electron chi connectivity index (χ2n) is 8.15. The lowest BCUT2D eigenvalue weighted by Crippen LogP contribution is -2.36. The smallest absolute Gasteiger partial charge is 0.256 e. The molecule has 6 rings (SSSR count). The van der Waals surface area contributed by atoms with Crippen LogP contribution in [0.4, 0.5) is 11.5 Å². The van der Waals surface area contributed by atoms with Crippen LogP contribution < -0.4 is 15.5 Å². The fourth-order valence-electron chi connectivity index (χ4n) is 4.17. The molecule has 1 saturated carbocycles. The van der Waals surface area contributed by atoms with E-state index in [1.54, 1.807) is 10.7 Å². The third-order valence-electron chi connectivity index (χ3n) is 6.01. The number of carbonyl (C=O) groups is 1. The van der Waals surface area contributed by atoms with Gasteiger partial charge in [0.25, 0.3) is 5.91 Å². The summed E-state index contributed by atoms with van der Waals surface area (Å²) in [6.45, 7) is 3.03. The van der Waals surface area contributed by atoms with E-state index >= 15 is 0 Å². The van der Waals surface area contributed by atoms with Crippen molar-refractivity contribution in [3.05, 3.63) is 42.4 Å². The molecule has 2 N–H and O–H groups in total. The topological polar surface area (TPSA) is 102 Å². The molecule has 5 heterocycles. The van der Waals surface area contributed by atoms with Crippen LogP contribution in [-0.2, 0) is 4.74 Å². The van der Waals surface area contributed by atoms with Crippen LogP contribution in [-0.4, -0.2) is 69.4 Å². The van der Waals surface area contributed by atoms with Gasteiger partial charge in [-0.05, 0) is 25.0 Å². The number of aromatic nitrogens is 5. The quantitative estimate of drug-likeness (QED) is 0.496. The number of rotatable bonds is 5. The van der Waals surface area contributed by atoms with Gasteiger partial charge in [-0.1, -0.05) is 0 Å². The molecule has 32 heavy (non-hydrogen) atoms. The maximum Gasteiger partial charge on any atom is 0.256 e. The zero-order chi connectivity index (χ0) is 21.7. The Morgan fingerprint density at radius 3 is 2.88 bits per heavy atom. The molecule has 2 fully saturated rings. The number of ether oxygens (including phenoxy) is 1. The fraction of sp³-hybridized carbons (Fsp3) is 0.364. The van der Waals surface area contributed by atoms with Gasteiger partial charge in [0, 0.05) is 44.6 Å². The summed E-state index contributed by atoms with van der Waals surface area (Å²) in [7, 11) is 1.83. The van der Waals surface area contributed by atoms with E-state index in [1.807, 2.05) is 36.0 Å². The standard InChI is InChI=1S/C22H24N8O2/c1-23-18-11-19(27-21-15(12-25-30(18)21)22(31)26-14-4-5-14)29-13-17(28-7-9-32-10-8-28)20-16(29)3-2-6-24-20/h2-3,6,11-14,23H,4-5,7-10H2,1H3,(H,26,31). The number of carbonyl (C=O) groups excluding carboxylic acids is 1. The molecular formula is C22H24N8O2. The zero-order valence-electron chi connectivity index (χ0n) is 17.8. The predicted octanol–water partition coefficient (Wildman–Crippen LogP) is 1.84. The monoisotopic (exact) mass is 432 g/mol. The lowest BCUT2D eigenvalue weighted by Gasteiger charge is -2.27. The fourth-order valence-corrected chi connectivity index (χ4v) is 4.17. The van der Waals surface area contributed by atoms with Gasteiger partial charge in [-0.25, -0.2) is 4.98 Å². The van der Waals surface area contributed by atoms with Gasteiger partial charge < -0.3 is 20.3 Å². The van der Waals surface area contributed by atoms with Crippen molar-refractivity contribution >= 4 is 34.1 Å². The molecule has 0 unspecified atom stereocenters. The van der Waals surface area contributed by atoms with Crippen LogP contribution in [0.1, 0.15) is 23.2 Å². The van der Waals surface area contributed by atoms with Crippen molar-refractivity contribution in [2.75, 3.05) is 43.6 Å². The van der Waals surface area contributed by atoms with Gasteiger partial charge in [-0.15, -0.1) is 0 Å². The van der Waals surface area contributed by atoms with Crippen LogP contribution in [0.2, 0.25) is 0 Å². The average molecular weight is 432 g/mol. The Balaban J connectivity index is 1.51. The van der Waals surface area contributed by atoms with Gasteiger partial charge >= 0.3 is 0 Å². The van der Waals surface area contributed by atoms with E-state index in [9.17, 15) is 4.79 Å². The number of fused-ring (bicyclic) bond motifs is 2. The Morgan fingerprint density at radius 1 is 1.25 bits per heavy atom. The van der Waals surface area contributed by atoms with Crippen LogP contribution in [0.3, 0.4) is 0 Å². The largest absolute Gasteiger partial charge is 0.378 e. The summed E-state index contributed by atoms with van der Waals surface area (Å²) in [6, 6.07) is 6.15. The number of hydrogen-bond donors (Lipinski definition) is 2. The minimum Gasteiger partial charge on any atom is -0.378 e. The van der Waals surface area contributed by atoms with E-state index in [2.05, 4.69) is 31.8 Å². The van der Waals surface area contributed by atoms with E-state index in [1.165, 1.54) is 0 Å². The summed E-state index contributed by atoms with van der Waals surface area (Å²) in [5.41, 5.74) is 3.91. The van der Waals surface area contributed by atoms with Crippen molar-refractivity contribution in [1.29, 1.82) is 0 Å². The summed E-state index contributed by atoms with van der Waals surface area (Å²) in [6.07, 6.45) is 7.51. The van der Waals surface area contributed by atoms with Crippen molar-refractivity contribution in [2.45, 2.75) is 18.9 Å². The minimum absolute atomic E-state index is 0.137. The maximum absolute atomic E-state index is 12.8. The molecule has 2 aliphatic rings. The first kappa shape index (κ1) is 19.1. The Labute approximate surface area is 184 Å². The highest BCUT2D eigenvalue weighted by Gasteiger charge is 2.26. The van der Waals surface area contributed by atoms with Gasteiger partial charge in [0.2, 0.25) is 0 Å². The van der Waals surface area contributed by atoms with Crippen molar-refractivity contribution in [3.63, 3.8) is 0 Å². The highest BCUT2D eigenvalue weighted by Crippen LogP contribution is 2.31. The zero-order valence-corrected chi connectivity index (χ0v) is 17.8. The van der Waals surface area contributed by atoms with Crippen LogP contribution in [0.15, 0.2) is 36.8 Å². The summed E-state index contributed by atoms with van der Waals surface area (Å²) in [5, 5.41) is 10.6. The number of pyridine rings is 1. The number of amides is 1. The van der Waals surface area contributed by atoms with Gasteiger partial charge in [-0.2, -0.15) is 9.61 Å². The molecule has 1 amide bonds. The Bertz CT molecular complexity index is 1320. The number of morpholine rings is 1. The molecule has 1 aliphatic carbocycles. The first-order valence-electron chi connectivity index (χ1n) is 10.9. The molecule has 0 spiro atoms. The number of hydrogen-bond acceptors (Lipinski definition) is 7. The van der Waals surface area contributed by atoms with E-state index in [-0.39, 0.29) is 11.9 Å². The molecule has 4 aromatic rings. The predicted molar refractivity (Wildman–Crippen MR) is 121 cm³/mol. The number of anilines is 2. The molecular weight excluding hydrogens is 408 g/mol. The van der Waals surface area contributed by atoms with Crippen molar-refractivity contribution in [1.82, 2.24) is 29.5 Å². The van der Waals surface area contributed by atoms with Crippen molar-refractivity contribution < 1.29 is 9.53 Å². The van der Waals surface area contributed by atoms with Crippen LogP contribution in [0.25, 0.3) is 22.5 Å². The molecule has 10 heteroatoms. The van der Waals surface area contributed by atoms with E-state index in [0.717, 1.165) is 48.5 Å². The summed E-state index contributed by atoms with van der Waals surface area (Å²) < 4.78 is 9.22.